The van der Waals surface area contributed by atoms with Crippen molar-refractivity contribution in [3.8, 4) is 5.75 Å². The van der Waals surface area contributed by atoms with Crippen molar-refractivity contribution in [1.29, 1.82) is 0 Å². The molecule has 0 amide bonds. The number of methoxy groups -OCH3 is 1. The van der Waals surface area contributed by atoms with Gasteiger partial charge in [0, 0.05) is 11.3 Å². The molecule has 3 nitrogen and oxygen atoms in total. The van der Waals surface area contributed by atoms with Crippen LogP contribution in [-0.4, -0.2) is 17.9 Å². The van der Waals surface area contributed by atoms with Crippen molar-refractivity contribution in [1.82, 2.24) is 4.98 Å². The van der Waals surface area contributed by atoms with Gasteiger partial charge in [0.15, 0.2) is 11.6 Å². The molecule has 2 rings (SSSR count). The highest BCUT2D eigenvalue weighted by Gasteiger charge is 2.14. The summed E-state index contributed by atoms with van der Waals surface area (Å²) in [4.78, 5) is 16.4. The predicted molar refractivity (Wildman–Crippen MR) is 70.1 cm³/mol. The van der Waals surface area contributed by atoms with E-state index in [0.717, 1.165) is 11.3 Å². The van der Waals surface area contributed by atoms with Crippen molar-refractivity contribution in [3.05, 3.63) is 58.7 Å². The Kier molecular flexibility index (Phi) is 3.60. The van der Waals surface area contributed by atoms with Gasteiger partial charge >= 0.3 is 0 Å². The molecule has 0 aliphatic carbocycles. The molecule has 0 saturated heterocycles. The van der Waals surface area contributed by atoms with E-state index in [1.807, 2.05) is 19.9 Å². The van der Waals surface area contributed by atoms with Crippen LogP contribution in [0.1, 0.15) is 27.3 Å². The van der Waals surface area contributed by atoms with Crippen LogP contribution in [-0.2, 0) is 0 Å². The standard InChI is InChI=1S/C15H14FNO2/c1-9-6-10(2)17-13(7-9)15(18)11-4-5-14(19-3)12(16)8-11/h4-8H,1-3H3. The maximum absolute atomic E-state index is 13.6. The summed E-state index contributed by atoms with van der Waals surface area (Å²) in [5, 5.41) is 0. The van der Waals surface area contributed by atoms with Crippen molar-refractivity contribution in [3.63, 3.8) is 0 Å². The highest BCUT2D eigenvalue weighted by atomic mass is 19.1. The Hall–Kier alpha value is -2.23. The lowest BCUT2D eigenvalue weighted by Crippen LogP contribution is -2.06. The largest absolute Gasteiger partial charge is 0.494 e. The molecular weight excluding hydrogens is 245 g/mol. The number of carbonyl (C=O) groups excluding carboxylic acids is 1. The Morgan fingerprint density at radius 2 is 1.95 bits per heavy atom. The van der Waals surface area contributed by atoms with E-state index in [9.17, 15) is 9.18 Å². The van der Waals surface area contributed by atoms with Crippen molar-refractivity contribution < 1.29 is 13.9 Å². The van der Waals surface area contributed by atoms with Crippen LogP contribution < -0.4 is 4.74 Å². The molecular formula is C15H14FNO2. The molecule has 4 heteroatoms. The van der Waals surface area contributed by atoms with Crippen LogP contribution in [0.4, 0.5) is 4.39 Å². The number of rotatable bonds is 3. The average molecular weight is 259 g/mol. The Morgan fingerprint density at radius 3 is 2.53 bits per heavy atom. The average Bonchev–Trinajstić information content (AvgIpc) is 2.36. The van der Waals surface area contributed by atoms with E-state index >= 15 is 0 Å². The minimum Gasteiger partial charge on any atom is -0.494 e. The highest BCUT2D eigenvalue weighted by molar-refractivity contribution is 6.07. The van der Waals surface area contributed by atoms with Gasteiger partial charge in [-0.15, -0.1) is 0 Å². The minimum absolute atomic E-state index is 0.116. The molecule has 0 aliphatic rings. The second-order valence-electron chi connectivity index (χ2n) is 4.35. The Morgan fingerprint density at radius 1 is 1.21 bits per heavy atom. The van der Waals surface area contributed by atoms with Gasteiger partial charge in [0.05, 0.1) is 7.11 Å². The fourth-order valence-corrected chi connectivity index (χ4v) is 1.91. The van der Waals surface area contributed by atoms with E-state index in [1.165, 1.54) is 25.3 Å². The number of aryl methyl sites for hydroxylation is 2. The highest BCUT2D eigenvalue weighted by Crippen LogP contribution is 2.19. The third kappa shape index (κ3) is 2.78. The molecule has 0 aliphatic heterocycles. The monoisotopic (exact) mass is 259 g/mol. The van der Waals surface area contributed by atoms with Crippen LogP contribution in [0.5, 0.6) is 5.75 Å². The van der Waals surface area contributed by atoms with Crippen LogP contribution in [0.15, 0.2) is 30.3 Å². The molecule has 0 N–H and O–H groups in total. The van der Waals surface area contributed by atoms with Gasteiger partial charge < -0.3 is 4.74 Å². The van der Waals surface area contributed by atoms with Crippen molar-refractivity contribution in [2.24, 2.45) is 0 Å². The first-order valence-electron chi connectivity index (χ1n) is 5.85. The first-order chi connectivity index (χ1) is 9.01. The van der Waals surface area contributed by atoms with Crippen molar-refractivity contribution in [2.45, 2.75) is 13.8 Å². The smallest absolute Gasteiger partial charge is 0.211 e. The molecule has 98 valence electrons. The molecule has 0 saturated carbocycles. The summed E-state index contributed by atoms with van der Waals surface area (Å²) in [6, 6.07) is 7.71. The van der Waals surface area contributed by atoms with Gasteiger partial charge in [-0.2, -0.15) is 0 Å². The summed E-state index contributed by atoms with van der Waals surface area (Å²) in [6.07, 6.45) is 0. The van der Waals surface area contributed by atoms with Gasteiger partial charge in [-0.25, -0.2) is 9.37 Å². The van der Waals surface area contributed by atoms with Gasteiger partial charge in [-0.3, -0.25) is 4.79 Å². The zero-order valence-corrected chi connectivity index (χ0v) is 11.0. The lowest BCUT2D eigenvalue weighted by atomic mass is 10.1. The maximum Gasteiger partial charge on any atom is 0.211 e. The number of carbonyl (C=O) groups is 1. The Bertz CT molecular complexity index is 618. The second-order valence-corrected chi connectivity index (χ2v) is 4.35. The van der Waals surface area contributed by atoms with E-state index in [4.69, 9.17) is 4.74 Å². The summed E-state index contributed by atoms with van der Waals surface area (Å²) in [5.74, 6) is -0.740. The zero-order valence-electron chi connectivity index (χ0n) is 11.0. The van der Waals surface area contributed by atoms with E-state index in [2.05, 4.69) is 4.98 Å². The van der Waals surface area contributed by atoms with Gasteiger partial charge in [-0.05, 0) is 49.7 Å². The summed E-state index contributed by atoms with van der Waals surface area (Å²) in [5.41, 5.74) is 2.29. The topological polar surface area (TPSA) is 39.2 Å². The van der Waals surface area contributed by atoms with Gasteiger partial charge in [-0.1, -0.05) is 0 Å². The fourth-order valence-electron chi connectivity index (χ4n) is 1.91. The first-order valence-corrected chi connectivity index (χ1v) is 5.85. The summed E-state index contributed by atoms with van der Waals surface area (Å²) >= 11 is 0. The van der Waals surface area contributed by atoms with Gasteiger partial charge in [0.2, 0.25) is 5.78 Å². The number of aromatic nitrogens is 1. The molecule has 2 aromatic rings. The zero-order chi connectivity index (χ0) is 14.0. The van der Waals surface area contributed by atoms with E-state index in [0.29, 0.717) is 5.69 Å². The van der Waals surface area contributed by atoms with Crippen molar-refractivity contribution in [2.75, 3.05) is 7.11 Å². The molecule has 19 heavy (non-hydrogen) atoms. The molecule has 0 fully saturated rings. The number of ketones is 1. The molecule has 1 aromatic carbocycles. The SMILES string of the molecule is COc1ccc(C(=O)c2cc(C)cc(C)n2)cc1F. The quantitative estimate of drug-likeness (QED) is 0.795. The third-order valence-electron chi connectivity index (χ3n) is 2.74. The molecule has 0 atom stereocenters. The lowest BCUT2D eigenvalue weighted by molar-refractivity contribution is 0.103. The number of ether oxygens (including phenoxy) is 1. The van der Waals surface area contributed by atoms with Crippen LogP contribution in [0.3, 0.4) is 0 Å². The fraction of sp³-hybridized carbons (Fsp3) is 0.200. The number of benzene rings is 1. The van der Waals surface area contributed by atoms with Crippen molar-refractivity contribution >= 4 is 5.78 Å². The normalized spacial score (nSPS) is 10.3. The number of nitrogens with zero attached hydrogens (tertiary/aromatic N) is 1. The summed E-state index contributed by atoms with van der Waals surface area (Å²) < 4.78 is 18.4. The first kappa shape index (κ1) is 13.2. The minimum atomic E-state index is -0.558. The number of halogens is 1. The number of hydrogen-bond acceptors (Lipinski definition) is 3. The molecule has 0 bridgehead atoms. The van der Waals surface area contributed by atoms with Crippen LogP contribution >= 0.6 is 0 Å². The summed E-state index contributed by atoms with van der Waals surface area (Å²) in [7, 11) is 1.38. The molecule has 0 radical (unpaired) electrons. The van der Waals surface area contributed by atoms with Gasteiger partial charge in [0.1, 0.15) is 5.69 Å². The van der Waals surface area contributed by atoms with Crippen LogP contribution in [0.2, 0.25) is 0 Å². The predicted octanol–water partition coefficient (Wildman–Crippen LogP) is 3.08. The Balaban J connectivity index is 2.41. The van der Waals surface area contributed by atoms with Crippen LogP contribution in [0.25, 0.3) is 0 Å². The van der Waals surface area contributed by atoms with E-state index in [-0.39, 0.29) is 17.1 Å². The number of pyridine rings is 1. The number of hydrogen-bond donors (Lipinski definition) is 0. The van der Waals surface area contributed by atoms with Gasteiger partial charge in [0.25, 0.3) is 0 Å². The third-order valence-corrected chi connectivity index (χ3v) is 2.74. The second kappa shape index (κ2) is 5.18. The maximum atomic E-state index is 13.6. The van der Waals surface area contributed by atoms with Crippen LogP contribution in [0, 0.1) is 19.7 Å². The molecule has 1 aromatic heterocycles. The molecule has 1 heterocycles. The molecule has 0 unspecified atom stereocenters. The summed E-state index contributed by atoms with van der Waals surface area (Å²) in [6.45, 7) is 3.71. The van der Waals surface area contributed by atoms with E-state index in [1.54, 1.807) is 6.07 Å². The molecule has 0 spiro atoms. The van der Waals surface area contributed by atoms with E-state index < -0.39 is 5.82 Å². The lowest BCUT2D eigenvalue weighted by Gasteiger charge is -2.06. The Labute approximate surface area is 111 Å².